The van der Waals surface area contributed by atoms with Gasteiger partial charge in [0.05, 0.1) is 19.8 Å². The zero-order valence-electron chi connectivity index (χ0n) is 18.0. The van der Waals surface area contributed by atoms with Gasteiger partial charge in [-0.2, -0.15) is 0 Å². The Morgan fingerprint density at radius 3 is 2.20 bits per heavy atom. The minimum absolute atomic E-state index is 0.0533. The summed E-state index contributed by atoms with van der Waals surface area (Å²) in [5.41, 5.74) is -0.679. The molecule has 1 aliphatic rings. The molecule has 174 valence electrons. The number of nitrogens with one attached hydrogen (secondary N) is 2. The SMILES string of the molecule is COCCN(CCON1C(O)CCC1O)C(=O)CNC(=O)CNC(=O)OC(C)(C)C. The smallest absolute Gasteiger partial charge is 0.408 e. The molecule has 1 heterocycles. The molecule has 0 radical (unpaired) electrons. The van der Waals surface area contributed by atoms with Gasteiger partial charge in [0.2, 0.25) is 11.8 Å². The molecule has 3 amide bonds. The molecule has 1 saturated heterocycles. The maximum atomic E-state index is 12.4. The number of hydrogen-bond donors (Lipinski definition) is 4. The molecule has 0 saturated carbocycles. The molecule has 30 heavy (non-hydrogen) atoms. The molecule has 12 heteroatoms. The average Bonchev–Trinajstić information content (AvgIpc) is 2.97. The molecule has 0 aromatic carbocycles. The van der Waals surface area contributed by atoms with Gasteiger partial charge in [-0.3, -0.25) is 14.4 Å². The second kappa shape index (κ2) is 12.6. The molecule has 1 fully saturated rings. The lowest BCUT2D eigenvalue weighted by molar-refractivity contribution is -0.275. The van der Waals surface area contributed by atoms with Crippen LogP contribution in [-0.2, 0) is 23.9 Å². The molecule has 2 atom stereocenters. The lowest BCUT2D eigenvalue weighted by Gasteiger charge is -2.26. The third-order valence-corrected chi connectivity index (χ3v) is 4.02. The predicted octanol–water partition coefficient (Wildman–Crippen LogP) is -1.23. The minimum atomic E-state index is -0.889. The van der Waals surface area contributed by atoms with E-state index in [-0.39, 0.29) is 45.3 Å². The summed E-state index contributed by atoms with van der Waals surface area (Å²) >= 11 is 0. The number of hydroxylamine groups is 2. The Balaban J connectivity index is 2.38. The van der Waals surface area contributed by atoms with E-state index in [4.69, 9.17) is 14.3 Å². The highest BCUT2D eigenvalue weighted by Crippen LogP contribution is 2.20. The summed E-state index contributed by atoms with van der Waals surface area (Å²) < 4.78 is 10.0. The predicted molar refractivity (Wildman–Crippen MR) is 105 cm³/mol. The van der Waals surface area contributed by atoms with Gasteiger partial charge < -0.3 is 35.2 Å². The van der Waals surface area contributed by atoms with Gasteiger partial charge in [0.25, 0.3) is 0 Å². The van der Waals surface area contributed by atoms with Crippen molar-refractivity contribution in [2.45, 2.75) is 51.7 Å². The van der Waals surface area contributed by atoms with Crippen molar-refractivity contribution in [3.8, 4) is 0 Å². The standard InChI is InChI=1S/C18H34N4O8/c1-18(2,3)30-17(27)20-11-13(23)19-12-16(26)21(7-9-28-4)8-10-29-22-14(24)5-6-15(22)25/h14-15,24-25H,5-12H2,1-4H3,(H,19,23)(H,20,27). The fourth-order valence-corrected chi connectivity index (χ4v) is 2.56. The van der Waals surface area contributed by atoms with Gasteiger partial charge in [-0.15, -0.1) is 5.06 Å². The maximum Gasteiger partial charge on any atom is 0.408 e. The number of carbonyl (C=O) groups excluding carboxylic acids is 3. The lowest BCUT2D eigenvalue weighted by Crippen LogP contribution is -2.46. The Morgan fingerprint density at radius 1 is 1.03 bits per heavy atom. The molecule has 0 aromatic rings. The monoisotopic (exact) mass is 434 g/mol. The Morgan fingerprint density at radius 2 is 1.63 bits per heavy atom. The number of rotatable bonds is 11. The van der Waals surface area contributed by atoms with E-state index in [9.17, 15) is 24.6 Å². The van der Waals surface area contributed by atoms with Crippen LogP contribution >= 0.6 is 0 Å². The second-order valence-electron chi connectivity index (χ2n) is 7.74. The first-order valence-electron chi connectivity index (χ1n) is 9.81. The van der Waals surface area contributed by atoms with Gasteiger partial charge in [-0.05, 0) is 33.6 Å². The number of aliphatic hydroxyl groups excluding tert-OH is 2. The summed E-state index contributed by atoms with van der Waals surface area (Å²) in [5, 5.41) is 25.3. The first-order valence-corrected chi connectivity index (χ1v) is 9.81. The number of methoxy groups -OCH3 is 1. The normalized spacial score (nSPS) is 19.4. The zero-order valence-corrected chi connectivity index (χ0v) is 18.0. The summed E-state index contributed by atoms with van der Waals surface area (Å²) in [7, 11) is 1.50. The quantitative estimate of drug-likeness (QED) is 0.313. The molecule has 0 aliphatic carbocycles. The van der Waals surface area contributed by atoms with Crippen LogP contribution in [0.5, 0.6) is 0 Å². The Kier molecular flexibility index (Phi) is 11.0. The van der Waals surface area contributed by atoms with E-state index in [0.717, 1.165) is 5.06 Å². The van der Waals surface area contributed by atoms with E-state index in [0.29, 0.717) is 12.8 Å². The molecule has 4 N–H and O–H groups in total. The van der Waals surface area contributed by atoms with E-state index in [1.165, 1.54) is 12.0 Å². The van der Waals surface area contributed by atoms with Crippen molar-refractivity contribution >= 4 is 17.9 Å². The Bertz CT molecular complexity index is 559. The second-order valence-corrected chi connectivity index (χ2v) is 7.74. The van der Waals surface area contributed by atoms with Crippen molar-refractivity contribution in [3.05, 3.63) is 0 Å². The highest BCUT2D eigenvalue weighted by Gasteiger charge is 2.31. The van der Waals surface area contributed by atoms with Gasteiger partial charge in [0.1, 0.15) is 24.6 Å². The van der Waals surface area contributed by atoms with Gasteiger partial charge in [0, 0.05) is 20.2 Å². The van der Waals surface area contributed by atoms with Crippen LogP contribution in [0.2, 0.25) is 0 Å². The van der Waals surface area contributed by atoms with Crippen molar-refractivity contribution in [3.63, 3.8) is 0 Å². The molecule has 0 spiro atoms. The van der Waals surface area contributed by atoms with Crippen LogP contribution in [0, 0.1) is 0 Å². The summed E-state index contributed by atoms with van der Waals surface area (Å²) in [5.74, 6) is -0.913. The van der Waals surface area contributed by atoms with E-state index in [1.807, 2.05) is 0 Å². The number of nitrogens with zero attached hydrogens (tertiary/aromatic N) is 2. The van der Waals surface area contributed by atoms with Crippen LogP contribution in [-0.4, -0.2) is 103 Å². The molecular weight excluding hydrogens is 400 g/mol. The van der Waals surface area contributed by atoms with Crippen LogP contribution in [0.25, 0.3) is 0 Å². The van der Waals surface area contributed by atoms with Crippen molar-refractivity contribution in [2.75, 3.05) is 46.5 Å². The van der Waals surface area contributed by atoms with Crippen molar-refractivity contribution in [1.82, 2.24) is 20.6 Å². The van der Waals surface area contributed by atoms with Crippen LogP contribution in [0.3, 0.4) is 0 Å². The number of ether oxygens (including phenoxy) is 2. The molecule has 1 aliphatic heterocycles. The molecule has 0 bridgehead atoms. The number of amides is 3. The highest BCUT2D eigenvalue weighted by atomic mass is 16.7. The summed E-state index contributed by atoms with van der Waals surface area (Å²) in [6.45, 7) is 5.30. The van der Waals surface area contributed by atoms with Crippen LogP contribution < -0.4 is 10.6 Å². The minimum Gasteiger partial charge on any atom is -0.444 e. The van der Waals surface area contributed by atoms with Gasteiger partial charge in [-0.25, -0.2) is 4.79 Å². The van der Waals surface area contributed by atoms with Crippen molar-refractivity contribution < 1.29 is 38.9 Å². The molecule has 1 rings (SSSR count). The van der Waals surface area contributed by atoms with Crippen LogP contribution in [0.4, 0.5) is 4.79 Å². The Hall–Kier alpha value is -1.99. The third kappa shape index (κ3) is 10.2. The fourth-order valence-electron chi connectivity index (χ4n) is 2.56. The number of hydrogen-bond acceptors (Lipinski definition) is 9. The highest BCUT2D eigenvalue weighted by molar-refractivity contribution is 5.87. The fraction of sp³-hybridized carbons (Fsp3) is 0.833. The average molecular weight is 434 g/mol. The molecular formula is C18H34N4O8. The van der Waals surface area contributed by atoms with E-state index in [1.54, 1.807) is 20.8 Å². The number of aliphatic hydroxyl groups is 2. The van der Waals surface area contributed by atoms with Gasteiger partial charge >= 0.3 is 6.09 Å². The van der Waals surface area contributed by atoms with Gasteiger partial charge in [-0.1, -0.05) is 0 Å². The third-order valence-electron chi connectivity index (χ3n) is 4.02. The maximum absolute atomic E-state index is 12.4. The topological polar surface area (TPSA) is 150 Å². The van der Waals surface area contributed by atoms with E-state index >= 15 is 0 Å². The van der Waals surface area contributed by atoms with Crippen molar-refractivity contribution in [1.29, 1.82) is 0 Å². The molecule has 2 unspecified atom stereocenters. The first-order chi connectivity index (χ1) is 14.0. The van der Waals surface area contributed by atoms with E-state index < -0.39 is 30.1 Å². The summed E-state index contributed by atoms with van der Waals surface area (Å²) in [6.07, 6.45) is -1.71. The van der Waals surface area contributed by atoms with Gasteiger partial charge in [0.15, 0.2) is 0 Å². The first kappa shape index (κ1) is 26.0. The van der Waals surface area contributed by atoms with Crippen LogP contribution in [0.15, 0.2) is 0 Å². The number of carbonyl (C=O) groups is 3. The van der Waals surface area contributed by atoms with E-state index in [2.05, 4.69) is 10.6 Å². The Labute approximate surface area is 176 Å². The molecule has 12 nitrogen and oxygen atoms in total. The lowest BCUT2D eigenvalue weighted by atomic mass is 10.2. The van der Waals surface area contributed by atoms with Crippen molar-refractivity contribution in [2.24, 2.45) is 0 Å². The van der Waals surface area contributed by atoms with Crippen LogP contribution in [0.1, 0.15) is 33.6 Å². The number of alkyl carbamates (subject to hydrolysis) is 1. The largest absolute Gasteiger partial charge is 0.444 e. The zero-order chi connectivity index (χ0) is 22.7. The molecule has 0 aromatic heterocycles. The summed E-state index contributed by atoms with van der Waals surface area (Å²) in [4.78, 5) is 42.6. The summed E-state index contributed by atoms with van der Waals surface area (Å²) in [6, 6.07) is 0.